The molecule has 0 saturated carbocycles. The summed E-state index contributed by atoms with van der Waals surface area (Å²) in [5, 5.41) is 128. The Balaban J connectivity index is 0.000000170. The monoisotopic (exact) mass is 1690 g/mol. The van der Waals surface area contributed by atoms with Crippen LogP contribution < -0.4 is 9.47 Å². The largest absolute Gasteiger partial charge is 0.514 e. The summed E-state index contributed by atoms with van der Waals surface area (Å²) in [6.07, 6.45) is -1.81. The molecule has 0 heterocycles. The van der Waals surface area contributed by atoms with Gasteiger partial charge in [-0.25, -0.2) is 9.59 Å². The molecule has 12 N–H and O–H groups in total. The van der Waals surface area contributed by atoms with E-state index in [1.807, 2.05) is 86.6 Å². The number of fused-ring (bicyclic) bond motifs is 20. The van der Waals surface area contributed by atoms with Gasteiger partial charge >= 0.3 is 12.3 Å². The van der Waals surface area contributed by atoms with Crippen molar-refractivity contribution in [1.29, 1.82) is 0 Å². The molecule has 16 aromatic rings. The Labute approximate surface area is 736 Å². The predicted octanol–water partition coefficient (Wildman–Crippen LogP) is 25.1. The average molecular weight is 1690 g/mol. The maximum absolute atomic E-state index is 12.9. The molecule has 18 heteroatoms. The van der Waals surface area contributed by atoms with Crippen molar-refractivity contribution in [1.82, 2.24) is 0 Å². The van der Waals surface area contributed by atoms with Gasteiger partial charge in [-0.05, 0) is 390 Å². The van der Waals surface area contributed by atoms with Crippen LogP contribution in [-0.4, -0.2) is 84.8 Å². The summed E-state index contributed by atoms with van der Waals surface area (Å²) < 4.78 is 22.1. The number of rotatable bonds is 10. The van der Waals surface area contributed by atoms with Crippen molar-refractivity contribution < 1.29 is 89.8 Å². The summed E-state index contributed by atoms with van der Waals surface area (Å²) in [6.45, 7) is 14.3. The molecule has 632 valence electrons. The zero-order valence-corrected chi connectivity index (χ0v) is 70.5. The fourth-order valence-electron chi connectivity index (χ4n) is 19.2. The van der Waals surface area contributed by atoms with Crippen LogP contribution in [0.15, 0.2) is 291 Å². The molecule has 0 atom stereocenters. The Morgan fingerprint density at radius 2 is 0.367 bits per heavy atom. The number of hydrogen-bond acceptors (Lipinski definition) is 18. The molecule has 0 bridgehead atoms. The lowest BCUT2D eigenvalue weighted by Crippen LogP contribution is -2.26. The third-order valence-electron chi connectivity index (χ3n) is 23.9. The minimum Gasteiger partial charge on any atom is -0.508 e. The number of aryl methyl sites for hydroxylation is 2. The van der Waals surface area contributed by atoms with E-state index in [0.29, 0.717) is 33.4 Å². The van der Waals surface area contributed by atoms with Crippen LogP contribution in [-0.2, 0) is 20.3 Å². The molecule has 20 rings (SSSR count). The van der Waals surface area contributed by atoms with Gasteiger partial charge in [-0.15, -0.1) is 0 Å². The first-order valence-electron chi connectivity index (χ1n) is 41.5. The smallest absolute Gasteiger partial charge is 0.508 e. The van der Waals surface area contributed by atoms with E-state index in [4.69, 9.17) is 18.9 Å². The summed E-state index contributed by atoms with van der Waals surface area (Å²) in [5.74, 6) is -0.403. The number of ether oxygens (including phenoxy) is 4. The van der Waals surface area contributed by atoms with Crippen molar-refractivity contribution in [2.45, 2.75) is 77.4 Å². The van der Waals surface area contributed by atoms with Gasteiger partial charge < -0.3 is 80.2 Å². The maximum Gasteiger partial charge on any atom is 0.514 e. The third-order valence-corrected chi connectivity index (χ3v) is 23.9. The first kappa shape index (κ1) is 81.3. The van der Waals surface area contributed by atoms with Crippen molar-refractivity contribution in [2.24, 2.45) is 0 Å². The lowest BCUT2D eigenvalue weighted by Gasteiger charge is -2.32. The van der Waals surface area contributed by atoms with Gasteiger partial charge in [0.05, 0.1) is 10.8 Å². The Hall–Kier alpha value is -16.3. The van der Waals surface area contributed by atoms with E-state index in [9.17, 15) is 70.9 Å². The van der Waals surface area contributed by atoms with Crippen LogP contribution in [0.5, 0.6) is 80.5 Å². The van der Waals surface area contributed by atoms with Gasteiger partial charge in [0.25, 0.3) is 0 Å². The molecule has 2 spiro atoms. The highest BCUT2D eigenvalue weighted by Gasteiger charge is 2.55. The average Bonchev–Trinajstić information content (AvgIpc) is 1.51. The molecule has 0 fully saturated rings. The van der Waals surface area contributed by atoms with Crippen molar-refractivity contribution in [3.8, 4) is 214 Å². The molecule has 18 nitrogen and oxygen atoms in total. The highest BCUT2D eigenvalue weighted by Crippen LogP contribution is 2.67. The number of carbonyl (C=O) groups excluding carboxylic acids is 2. The topological polar surface area (TPSA) is 314 Å². The Morgan fingerprint density at radius 3 is 0.547 bits per heavy atom. The van der Waals surface area contributed by atoms with E-state index >= 15 is 0 Å². The standard InChI is InChI=1S/C61H52O10.C49H32O8/c1-33-17-39(21-43(62)19-33)35-9-13-49-51-15-11-37(41-23-45(64)31-47(25-41)68-57(66)70-59(3,4)5)29-55(51)61(53(49)27-35)54-28-36(40-18-34(2)20-44(63)22-40)10-14-50(54)52-16-12-38(30-56(52)61)42-24-46(65)32-48(26-42)69-58(67)71-60(6,7)8;50-33-9-29(10-34(51)21-33)25-1-5-41-42-6-2-26(30-11-35(52)22-36(53)12-30)18-46(42)49(45(41)17-25)47-19-27(31-13-37(54)23-38(55)14-31)3-7-43(47)44-8-4-28(20-48(44)49)32-15-39(56)24-40(57)16-32/h9-32,62-65H,1-8H3;1-24,50-57H. The first-order chi connectivity index (χ1) is 61.0. The van der Waals surface area contributed by atoms with Gasteiger partial charge in [0.2, 0.25) is 0 Å². The summed E-state index contributed by atoms with van der Waals surface area (Å²) in [7, 11) is 0. The zero-order valence-electron chi connectivity index (χ0n) is 70.5. The second-order valence-corrected chi connectivity index (χ2v) is 35.2. The lowest BCUT2D eigenvalue weighted by atomic mass is 9.69. The molecule has 128 heavy (non-hydrogen) atoms. The highest BCUT2D eigenvalue weighted by atomic mass is 16.7. The van der Waals surface area contributed by atoms with Gasteiger partial charge in [0, 0.05) is 36.4 Å². The predicted molar refractivity (Wildman–Crippen MR) is 492 cm³/mol. The Morgan fingerprint density at radius 1 is 0.203 bits per heavy atom. The van der Waals surface area contributed by atoms with Gasteiger partial charge in [-0.2, -0.15) is 0 Å². The molecular formula is C110H84O18. The summed E-state index contributed by atoms with van der Waals surface area (Å²) in [6, 6.07) is 87.6. The number of benzene rings is 16. The van der Waals surface area contributed by atoms with Gasteiger partial charge in [-0.3, -0.25) is 0 Å². The van der Waals surface area contributed by atoms with E-state index in [2.05, 4.69) is 84.9 Å². The number of aromatic hydroxyl groups is 12. The van der Waals surface area contributed by atoms with Crippen molar-refractivity contribution in [3.63, 3.8) is 0 Å². The van der Waals surface area contributed by atoms with Crippen LogP contribution in [0.2, 0.25) is 0 Å². The minimum absolute atomic E-state index is 0.0860. The lowest BCUT2D eigenvalue weighted by molar-refractivity contribution is 0.0192. The highest BCUT2D eigenvalue weighted by molar-refractivity contribution is 6.02. The maximum atomic E-state index is 12.9. The second-order valence-electron chi connectivity index (χ2n) is 35.2. The van der Waals surface area contributed by atoms with E-state index in [0.717, 1.165) is 156 Å². The quantitative estimate of drug-likeness (QED) is 0.0447. The van der Waals surface area contributed by atoms with Gasteiger partial charge in [-0.1, -0.05) is 109 Å². The summed E-state index contributed by atoms with van der Waals surface area (Å²) in [5.41, 5.74) is 24.6. The third kappa shape index (κ3) is 14.6. The van der Waals surface area contributed by atoms with Crippen LogP contribution in [0.4, 0.5) is 9.59 Å². The van der Waals surface area contributed by atoms with Crippen molar-refractivity contribution in [2.75, 3.05) is 0 Å². The number of carbonyl (C=O) groups is 2. The van der Waals surface area contributed by atoms with Crippen LogP contribution in [0, 0.1) is 13.8 Å². The summed E-state index contributed by atoms with van der Waals surface area (Å²) in [4.78, 5) is 25.7. The minimum atomic E-state index is -1.04. The van der Waals surface area contributed by atoms with Crippen molar-refractivity contribution >= 4 is 12.3 Å². The van der Waals surface area contributed by atoms with Crippen LogP contribution in [0.3, 0.4) is 0 Å². The van der Waals surface area contributed by atoms with Gasteiger partial charge in [0.1, 0.15) is 91.7 Å². The number of hydrogen-bond donors (Lipinski definition) is 12. The van der Waals surface area contributed by atoms with Crippen LogP contribution in [0.1, 0.15) is 97.2 Å². The van der Waals surface area contributed by atoms with Gasteiger partial charge in [0.15, 0.2) is 0 Å². The molecule has 16 aromatic carbocycles. The van der Waals surface area contributed by atoms with Crippen molar-refractivity contribution in [3.05, 3.63) is 347 Å². The number of phenolic OH excluding ortho intramolecular Hbond substituents is 12. The normalized spacial score (nSPS) is 12.9. The molecular weight excluding hydrogens is 1610 g/mol. The molecule has 0 aromatic heterocycles. The van der Waals surface area contributed by atoms with Crippen LogP contribution >= 0.6 is 0 Å². The zero-order chi connectivity index (χ0) is 89.6. The van der Waals surface area contributed by atoms with E-state index in [-0.39, 0.29) is 80.5 Å². The van der Waals surface area contributed by atoms with E-state index in [1.165, 1.54) is 36.4 Å². The Bertz CT molecular complexity index is 6640. The SMILES string of the molecule is Cc1cc(O)cc(-c2ccc3c(c2)C2(c4cc(-c5cc(C)cc(O)c5)ccc4-c4ccc(-c5cc(O)cc(OC(=O)OC(C)(C)C)c5)cc42)c2cc(-c4cc(O)cc(OC(=O)OC(C)(C)C)c4)ccc2-3)c1.Oc1cc(O)cc(-c2ccc3c(c2)C2(c4cc(-c5cc(O)cc(O)c5)ccc4-3)c3cc(-c4cc(O)cc(O)c4)ccc3-c3ccc(-c4cc(O)cc(O)c4)cc32)c1. The second kappa shape index (κ2) is 30.3. The molecule has 0 amide bonds. The molecule has 4 aliphatic rings. The molecule has 0 aliphatic heterocycles. The fourth-order valence-corrected chi connectivity index (χ4v) is 19.2. The van der Waals surface area contributed by atoms with Crippen LogP contribution in [0.25, 0.3) is 134 Å². The molecule has 0 unspecified atom stereocenters. The summed E-state index contributed by atoms with van der Waals surface area (Å²) >= 11 is 0. The Kier molecular flexibility index (Phi) is 19.2. The van der Waals surface area contributed by atoms with E-state index in [1.54, 1.807) is 139 Å². The molecule has 4 aliphatic carbocycles. The van der Waals surface area contributed by atoms with E-state index < -0.39 is 34.3 Å². The number of phenols is 12. The first-order valence-corrected chi connectivity index (χ1v) is 41.5. The molecule has 0 saturated heterocycles. The fraction of sp³-hybridized carbons (Fsp3) is 0.109. The molecule has 0 radical (unpaired) electrons.